The van der Waals surface area contributed by atoms with Crippen LogP contribution in [0.15, 0.2) is 126 Å². The molecule has 4 aromatic carbocycles. The van der Waals surface area contributed by atoms with Gasteiger partial charge in [-0.15, -0.1) is 0 Å². The van der Waals surface area contributed by atoms with Gasteiger partial charge in [-0.2, -0.15) is 0 Å². The molecule has 0 aliphatic carbocycles. The van der Waals surface area contributed by atoms with Crippen LogP contribution < -0.4 is 0 Å². The number of rotatable bonds is 14. The molecule has 0 bridgehead atoms. The number of hydrogen-bond donors (Lipinski definition) is 0. The number of hydrogen-bond acceptors (Lipinski definition) is 7. The third-order valence-electron chi connectivity index (χ3n) is 8.78. The van der Waals surface area contributed by atoms with E-state index in [2.05, 4.69) is 12.1 Å². The normalized spacial score (nSPS) is 27.1. The molecular formula is C38H43O6PS. The summed E-state index contributed by atoms with van der Waals surface area (Å²) in [5.41, 5.74) is 2.65. The van der Waals surface area contributed by atoms with Crippen molar-refractivity contribution in [3.63, 3.8) is 0 Å². The highest BCUT2D eigenvalue weighted by atomic mass is 32.2. The van der Waals surface area contributed by atoms with Crippen LogP contribution in [0, 0.1) is 0 Å². The van der Waals surface area contributed by atoms with Crippen LogP contribution >= 0.6 is 19.1 Å². The first-order chi connectivity index (χ1) is 22.4. The van der Waals surface area contributed by atoms with Crippen molar-refractivity contribution in [2.75, 3.05) is 12.8 Å². The molecule has 2 fully saturated rings. The average Bonchev–Trinajstić information content (AvgIpc) is 3.09. The van der Waals surface area contributed by atoms with Gasteiger partial charge in [-0.1, -0.05) is 135 Å². The summed E-state index contributed by atoms with van der Waals surface area (Å²) in [7, 11) is -2.98. The second-order valence-corrected chi connectivity index (χ2v) is 16.9. The lowest BCUT2D eigenvalue weighted by molar-refractivity contribution is -0.238. The van der Waals surface area contributed by atoms with Crippen molar-refractivity contribution in [1.29, 1.82) is 0 Å². The fraction of sp³-hybridized carbons (Fsp3) is 0.368. The van der Waals surface area contributed by atoms with Crippen LogP contribution in [-0.4, -0.2) is 47.8 Å². The maximum Gasteiger partial charge on any atom is 0.209 e. The van der Waals surface area contributed by atoms with Gasteiger partial charge in [0.15, 0.2) is 0 Å². The van der Waals surface area contributed by atoms with E-state index < -0.39 is 42.4 Å². The van der Waals surface area contributed by atoms with Gasteiger partial charge in [0, 0.05) is 16.2 Å². The summed E-state index contributed by atoms with van der Waals surface area (Å²) in [6.45, 7) is 5.52. The highest BCUT2D eigenvalue weighted by molar-refractivity contribution is 7.99. The Bertz CT molecular complexity index is 1540. The first-order valence-corrected chi connectivity index (χ1v) is 18.7. The smallest absolute Gasteiger partial charge is 0.209 e. The molecule has 6 atom stereocenters. The fourth-order valence-electron chi connectivity index (χ4n) is 5.78. The van der Waals surface area contributed by atoms with Crippen molar-refractivity contribution in [1.82, 2.24) is 0 Å². The minimum Gasteiger partial charge on any atom is -0.374 e. The molecule has 0 saturated carbocycles. The zero-order valence-corrected chi connectivity index (χ0v) is 28.2. The van der Waals surface area contributed by atoms with Crippen LogP contribution in [0.4, 0.5) is 0 Å². The van der Waals surface area contributed by atoms with E-state index in [1.54, 1.807) is 11.8 Å². The Labute approximate surface area is 277 Å². The van der Waals surface area contributed by atoms with E-state index in [-0.39, 0.29) is 0 Å². The van der Waals surface area contributed by atoms with Crippen molar-refractivity contribution >= 4 is 19.1 Å². The van der Waals surface area contributed by atoms with Gasteiger partial charge in [0.2, 0.25) is 7.37 Å². The molecule has 242 valence electrons. The van der Waals surface area contributed by atoms with Crippen molar-refractivity contribution in [2.45, 2.75) is 80.0 Å². The Morgan fingerprint density at radius 2 is 1.20 bits per heavy atom. The van der Waals surface area contributed by atoms with E-state index in [4.69, 9.17) is 23.5 Å². The highest BCUT2D eigenvalue weighted by Gasteiger charge is 2.57. The molecule has 0 amide bonds. The Kier molecular flexibility index (Phi) is 11.1. The molecule has 0 aromatic heterocycles. The van der Waals surface area contributed by atoms with E-state index in [0.717, 1.165) is 28.0 Å². The molecular weight excluding hydrogens is 615 g/mol. The largest absolute Gasteiger partial charge is 0.374 e. The topological polar surface area (TPSA) is 63.2 Å². The lowest BCUT2D eigenvalue weighted by Gasteiger charge is -2.50. The van der Waals surface area contributed by atoms with E-state index in [9.17, 15) is 4.57 Å². The van der Waals surface area contributed by atoms with Crippen LogP contribution in [0.1, 0.15) is 37.0 Å². The van der Waals surface area contributed by atoms with Gasteiger partial charge < -0.3 is 23.5 Å². The lowest BCUT2D eigenvalue weighted by Crippen LogP contribution is -2.60. The van der Waals surface area contributed by atoms with Gasteiger partial charge in [0.25, 0.3) is 0 Å². The van der Waals surface area contributed by atoms with Gasteiger partial charge in [0.05, 0.1) is 26.4 Å². The van der Waals surface area contributed by atoms with Crippen LogP contribution in [0.5, 0.6) is 0 Å². The average molecular weight is 659 g/mol. The molecule has 4 aromatic rings. The Morgan fingerprint density at radius 3 is 1.70 bits per heavy atom. The minimum absolute atomic E-state index is 0.293. The number of benzene rings is 4. The Balaban J connectivity index is 1.34. The van der Waals surface area contributed by atoms with Crippen molar-refractivity contribution in [3.05, 3.63) is 138 Å². The molecule has 8 heteroatoms. The molecule has 6 nitrogen and oxygen atoms in total. The van der Waals surface area contributed by atoms with Crippen LogP contribution in [-0.2, 0) is 47.9 Å². The predicted molar refractivity (Wildman–Crippen MR) is 183 cm³/mol. The summed E-state index contributed by atoms with van der Waals surface area (Å²) in [5.74, 6) is 0. The molecule has 0 N–H and O–H groups in total. The van der Waals surface area contributed by atoms with Crippen molar-refractivity contribution in [2.24, 2.45) is 0 Å². The third-order valence-corrected chi connectivity index (χ3v) is 13.4. The summed E-state index contributed by atoms with van der Waals surface area (Å²) in [5, 5.41) is -0.408. The minimum atomic E-state index is -2.98. The first kappa shape index (κ1) is 33.2. The second kappa shape index (κ2) is 15.4. The first-order valence-electron chi connectivity index (χ1n) is 16.0. The summed E-state index contributed by atoms with van der Waals surface area (Å²) >= 11 is 1.56. The molecule has 0 radical (unpaired) electrons. The fourth-order valence-corrected chi connectivity index (χ4v) is 9.48. The molecule has 46 heavy (non-hydrogen) atoms. The Morgan fingerprint density at radius 1 is 0.696 bits per heavy atom. The van der Waals surface area contributed by atoms with Gasteiger partial charge in [-0.25, -0.2) is 0 Å². The van der Waals surface area contributed by atoms with Gasteiger partial charge in [-0.05, 0) is 35.2 Å². The van der Waals surface area contributed by atoms with Gasteiger partial charge >= 0.3 is 0 Å². The monoisotopic (exact) mass is 658 g/mol. The van der Waals surface area contributed by atoms with Crippen molar-refractivity contribution < 1.29 is 28.0 Å². The second-order valence-electron chi connectivity index (χ2n) is 12.5. The maximum absolute atomic E-state index is 14.3. The Hall–Kier alpha value is -2.74. The predicted octanol–water partition coefficient (Wildman–Crippen LogP) is 8.74. The van der Waals surface area contributed by atoms with Crippen LogP contribution in [0.3, 0.4) is 0 Å². The van der Waals surface area contributed by atoms with E-state index in [1.165, 1.54) is 0 Å². The highest BCUT2D eigenvalue weighted by Crippen LogP contribution is 2.70. The van der Waals surface area contributed by atoms with Crippen molar-refractivity contribution in [3.8, 4) is 0 Å². The molecule has 1 unspecified atom stereocenters. The van der Waals surface area contributed by atoms with Crippen LogP contribution in [0.2, 0.25) is 0 Å². The summed E-state index contributed by atoms with van der Waals surface area (Å²) < 4.78 is 47.8. The lowest BCUT2D eigenvalue weighted by atomic mass is 9.99. The molecule has 2 aliphatic heterocycles. The van der Waals surface area contributed by atoms with Gasteiger partial charge in [0.1, 0.15) is 29.9 Å². The number of ether oxygens (including phenoxy) is 4. The van der Waals surface area contributed by atoms with E-state index in [1.807, 2.05) is 123 Å². The van der Waals surface area contributed by atoms with Gasteiger partial charge in [-0.3, -0.25) is 4.57 Å². The van der Waals surface area contributed by atoms with E-state index in [0.29, 0.717) is 32.6 Å². The quantitative estimate of drug-likeness (QED) is 0.126. The molecule has 0 spiro atoms. The molecule has 2 aliphatic rings. The zero-order valence-electron chi connectivity index (χ0n) is 26.5. The van der Waals surface area contributed by atoms with E-state index >= 15 is 0 Å². The molecule has 6 rings (SSSR count). The third kappa shape index (κ3) is 8.21. The summed E-state index contributed by atoms with van der Waals surface area (Å²) in [4.78, 5) is 1.03. The zero-order chi connectivity index (χ0) is 31.8. The molecule has 2 saturated heterocycles. The SMILES string of the molecule is CC1(C)CCP1(=O)O[C@@H]1[C@@H](OCc2ccccc2)[C@H](OCc2ccccc2)[C@@H](COCc2ccccc2)O[C@H]1Sc1ccccc1. The standard InChI is InChI=1S/C38H43O6PS/c1-38(2)23-24-45(38,39)44-36-35(42-27-31-19-11-5-12-20-31)34(41-26-30-17-9-4-10-18-30)33(28-40-25-29-15-7-3-8-16-29)43-37(36)46-32-21-13-6-14-22-32/h3-22,33-37H,23-28H2,1-2H3/t33-,34-,35+,36-,37+,45?/m1/s1. The van der Waals surface area contributed by atoms with Crippen LogP contribution in [0.25, 0.3) is 0 Å². The number of thioether (sulfide) groups is 1. The maximum atomic E-state index is 14.3. The summed E-state index contributed by atoms with van der Waals surface area (Å²) in [6.07, 6.45) is -0.841. The molecule has 2 heterocycles. The summed E-state index contributed by atoms with van der Waals surface area (Å²) in [6, 6.07) is 40.4.